The van der Waals surface area contributed by atoms with E-state index in [0.29, 0.717) is 5.56 Å². The normalized spacial score (nSPS) is 11.0. The van der Waals surface area contributed by atoms with Crippen molar-refractivity contribution in [2.75, 3.05) is 0 Å². The van der Waals surface area contributed by atoms with Crippen molar-refractivity contribution in [3.63, 3.8) is 0 Å². The molecule has 0 unspecified atom stereocenters. The van der Waals surface area contributed by atoms with E-state index in [-0.39, 0.29) is 17.4 Å². The first kappa shape index (κ1) is 10.8. The molecule has 0 aliphatic carbocycles. The predicted molar refractivity (Wildman–Crippen MR) is 48.4 cm³/mol. The number of nitrogens with zero attached hydrogens (tertiary/aromatic N) is 1. The van der Waals surface area contributed by atoms with Crippen molar-refractivity contribution in [2.45, 2.75) is 20.3 Å². The van der Waals surface area contributed by atoms with Crippen molar-refractivity contribution < 1.29 is 13.6 Å². The molecule has 0 aromatic carbocycles. The summed E-state index contributed by atoms with van der Waals surface area (Å²) in [7, 11) is 0. The molecule has 76 valence electrons. The smallest absolute Gasteiger partial charge is 0.280 e. The van der Waals surface area contributed by atoms with Gasteiger partial charge in [-0.1, -0.05) is 13.8 Å². The van der Waals surface area contributed by atoms with Crippen molar-refractivity contribution in [2.24, 2.45) is 5.92 Å². The number of hydrogen-bond acceptors (Lipinski definition) is 2. The van der Waals surface area contributed by atoms with Crippen LogP contribution in [0.4, 0.5) is 8.78 Å². The van der Waals surface area contributed by atoms with E-state index in [9.17, 15) is 13.6 Å². The number of alkyl halides is 2. The largest absolute Gasteiger partial charge is 0.294 e. The molecular formula is C10H11F2NO. The van der Waals surface area contributed by atoms with Crippen molar-refractivity contribution in [1.82, 2.24) is 4.98 Å². The quantitative estimate of drug-likeness (QED) is 0.700. The van der Waals surface area contributed by atoms with Gasteiger partial charge in [-0.25, -0.2) is 8.78 Å². The Morgan fingerprint density at radius 1 is 1.36 bits per heavy atom. The second-order valence-corrected chi connectivity index (χ2v) is 3.29. The van der Waals surface area contributed by atoms with E-state index in [2.05, 4.69) is 4.98 Å². The van der Waals surface area contributed by atoms with Crippen LogP contribution in [-0.4, -0.2) is 10.8 Å². The van der Waals surface area contributed by atoms with Crippen molar-refractivity contribution in [3.05, 3.63) is 29.6 Å². The summed E-state index contributed by atoms with van der Waals surface area (Å²) in [5.74, 6) is -0.229. The zero-order chi connectivity index (χ0) is 10.7. The fraction of sp³-hybridized carbons (Fsp3) is 0.400. The number of pyridine rings is 1. The molecule has 14 heavy (non-hydrogen) atoms. The standard InChI is InChI=1S/C10H11F2NO/c1-6(2)9(14)7-3-4-8(10(11)12)13-5-7/h3-6,10H,1-2H3. The third-order valence-corrected chi connectivity index (χ3v) is 1.82. The molecule has 0 saturated carbocycles. The van der Waals surface area contributed by atoms with Crippen LogP contribution in [0.2, 0.25) is 0 Å². The minimum Gasteiger partial charge on any atom is -0.294 e. The first-order valence-electron chi connectivity index (χ1n) is 4.30. The molecule has 0 saturated heterocycles. The number of carbonyl (C=O) groups is 1. The highest BCUT2D eigenvalue weighted by molar-refractivity contribution is 5.97. The van der Waals surface area contributed by atoms with Crippen molar-refractivity contribution in [3.8, 4) is 0 Å². The van der Waals surface area contributed by atoms with Crippen LogP contribution < -0.4 is 0 Å². The molecule has 1 aromatic heterocycles. The van der Waals surface area contributed by atoms with Gasteiger partial charge in [0.2, 0.25) is 0 Å². The highest BCUT2D eigenvalue weighted by Gasteiger charge is 2.13. The molecule has 1 aromatic rings. The third kappa shape index (κ3) is 2.34. The lowest BCUT2D eigenvalue weighted by Crippen LogP contribution is -2.08. The van der Waals surface area contributed by atoms with Crippen molar-refractivity contribution in [1.29, 1.82) is 0 Å². The van der Waals surface area contributed by atoms with Crippen LogP contribution in [0.1, 0.15) is 36.3 Å². The number of halogens is 2. The first-order chi connectivity index (χ1) is 6.52. The Balaban J connectivity index is 2.89. The highest BCUT2D eigenvalue weighted by Crippen LogP contribution is 2.16. The van der Waals surface area contributed by atoms with Crippen LogP contribution >= 0.6 is 0 Å². The van der Waals surface area contributed by atoms with Gasteiger partial charge in [0.15, 0.2) is 5.78 Å². The molecule has 0 radical (unpaired) electrons. The van der Waals surface area contributed by atoms with E-state index >= 15 is 0 Å². The minimum absolute atomic E-state index is 0.0849. The number of ketones is 1. The molecule has 0 bridgehead atoms. The molecule has 0 aliphatic heterocycles. The topological polar surface area (TPSA) is 30.0 Å². The number of carbonyl (C=O) groups excluding carboxylic acids is 1. The molecule has 0 amide bonds. The molecule has 1 heterocycles. The third-order valence-electron chi connectivity index (χ3n) is 1.82. The summed E-state index contributed by atoms with van der Waals surface area (Å²) >= 11 is 0. The second-order valence-electron chi connectivity index (χ2n) is 3.29. The van der Waals surface area contributed by atoms with E-state index < -0.39 is 6.43 Å². The summed E-state index contributed by atoms with van der Waals surface area (Å²) in [4.78, 5) is 14.9. The lowest BCUT2D eigenvalue weighted by atomic mass is 10.0. The average Bonchev–Trinajstić information content (AvgIpc) is 2.16. The van der Waals surface area contributed by atoms with Gasteiger partial charge in [-0.3, -0.25) is 9.78 Å². The van der Waals surface area contributed by atoms with Gasteiger partial charge in [-0.05, 0) is 12.1 Å². The van der Waals surface area contributed by atoms with E-state index in [4.69, 9.17) is 0 Å². The van der Waals surface area contributed by atoms with Gasteiger partial charge < -0.3 is 0 Å². The predicted octanol–water partition coefficient (Wildman–Crippen LogP) is 2.86. The number of hydrogen-bond donors (Lipinski definition) is 0. The molecule has 0 spiro atoms. The second kappa shape index (κ2) is 4.26. The lowest BCUT2D eigenvalue weighted by molar-refractivity contribution is 0.0938. The Bertz CT molecular complexity index is 319. The molecular weight excluding hydrogens is 188 g/mol. The zero-order valence-corrected chi connectivity index (χ0v) is 8.00. The van der Waals surface area contributed by atoms with Gasteiger partial charge in [0.05, 0.1) is 0 Å². The maximum atomic E-state index is 12.1. The molecule has 0 N–H and O–H groups in total. The molecule has 0 fully saturated rings. The van der Waals surface area contributed by atoms with Crippen LogP contribution in [0.15, 0.2) is 18.3 Å². The highest BCUT2D eigenvalue weighted by atomic mass is 19.3. The molecule has 2 nitrogen and oxygen atoms in total. The number of Topliss-reactive ketones (excluding diaryl/α,β-unsaturated/α-hetero) is 1. The van der Waals surface area contributed by atoms with Crippen molar-refractivity contribution >= 4 is 5.78 Å². The van der Waals surface area contributed by atoms with Crippen LogP contribution in [-0.2, 0) is 0 Å². The Hall–Kier alpha value is -1.32. The average molecular weight is 199 g/mol. The molecule has 4 heteroatoms. The van der Waals surface area contributed by atoms with E-state index in [1.54, 1.807) is 13.8 Å². The van der Waals surface area contributed by atoms with Gasteiger partial charge in [0.1, 0.15) is 5.69 Å². The van der Waals surface area contributed by atoms with Gasteiger partial charge >= 0.3 is 0 Å². The summed E-state index contributed by atoms with van der Waals surface area (Å²) in [6.07, 6.45) is -1.39. The van der Waals surface area contributed by atoms with Crippen LogP contribution in [0.25, 0.3) is 0 Å². The Kier molecular flexibility index (Phi) is 3.28. The zero-order valence-electron chi connectivity index (χ0n) is 8.00. The number of aromatic nitrogens is 1. The summed E-state index contributed by atoms with van der Waals surface area (Å²) in [6.45, 7) is 3.51. The fourth-order valence-corrected chi connectivity index (χ4v) is 1.01. The molecule has 0 atom stereocenters. The number of rotatable bonds is 3. The lowest BCUT2D eigenvalue weighted by Gasteiger charge is -2.04. The first-order valence-corrected chi connectivity index (χ1v) is 4.30. The SMILES string of the molecule is CC(C)C(=O)c1ccc(C(F)F)nc1. The van der Waals surface area contributed by atoms with Gasteiger partial charge in [-0.15, -0.1) is 0 Å². The maximum Gasteiger partial charge on any atom is 0.280 e. The summed E-state index contributed by atoms with van der Waals surface area (Å²) in [5, 5.41) is 0. The summed E-state index contributed by atoms with van der Waals surface area (Å²) in [6, 6.07) is 2.57. The van der Waals surface area contributed by atoms with Crippen LogP contribution in [0.3, 0.4) is 0 Å². The summed E-state index contributed by atoms with van der Waals surface area (Å²) < 4.78 is 24.2. The van der Waals surface area contributed by atoms with Gasteiger partial charge in [0, 0.05) is 17.7 Å². The minimum atomic E-state index is -2.58. The Labute approximate surface area is 81.0 Å². The van der Waals surface area contributed by atoms with Crippen LogP contribution in [0.5, 0.6) is 0 Å². The van der Waals surface area contributed by atoms with Crippen LogP contribution in [0, 0.1) is 5.92 Å². The fourth-order valence-electron chi connectivity index (χ4n) is 1.01. The Morgan fingerprint density at radius 2 is 2.00 bits per heavy atom. The molecule has 0 aliphatic rings. The maximum absolute atomic E-state index is 12.1. The summed E-state index contributed by atoms with van der Waals surface area (Å²) in [5.41, 5.74) is 0.0784. The van der Waals surface area contributed by atoms with Gasteiger partial charge in [0.25, 0.3) is 6.43 Å². The van der Waals surface area contributed by atoms with E-state index in [1.807, 2.05) is 0 Å². The van der Waals surface area contributed by atoms with E-state index in [0.717, 1.165) is 0 Å². The molecule has 1 rings (SSSR count). The monoisotopic (exact) mass is 199 g/mol. The Morgan fingerprint density at radius 3 is 2.36 bits per heavy atom. The van der Waals surface area contributed by atoms with E-state index in [1.165, 1.54) is 18.3 Å². The van der Waals surface area contributed by atoms with Gasteiger partial charge in [-0.2, -0.15) is 0 Å².